The van der Waals surface area contributed by atoms with E-state index < -0.39 is 0 Å². The highest BCUT2D eigenvalue weighted by Gasteiger charge is 2.08. The van der Waals surface area contributed by atoms with E-state index in [0.29, 0.717) is 5.69 Å². The molecule has 1 aromatic carbocycles. The molecule has 2 rings (SSSR count). The third-order valence-electron chi connectivity index (χ3n) is 2.24. The molecule has 0 spiro atoms. The SMILES string of the molecule is Cc1cc(C)cc(NC(=O)c2csc(=O)[nH]2)c1. The molecule has 0 atom stereocenters. The number of nitrogens with one attached hydrogen (secondary N) is 2. The summed E-state index contributed by atoms with van der Waals surface area (Å²) in [7, 11) is 0. The predicted molar refractivity (Wildman–Crippen MR) is 68.8 cm³/mol. The number of H-pyrrole nitrogens is 1. The van der Waals surface area contributed by atoms with Crippen molar-refractivity contribution in [2.75, 3.05) is 5.32 Å². The molecule has 17 heavy (non-hydrogen) atoms. The van der Waals surface area contributed by atoms with Crippen LogP contribution in [0.5, 0.6) is 0 Å². The lowest BCUT2D eigenvalue weighted by Crippen LogP contribution is -2.14. The summed E-state index contributed by atoms with van der Waals surface area (Å²) in [6.45, 7) is 3.93. The van der Waals surface area contributed by atoms with Crippen molar-refractivity contribution in [2.45, 2.75) is 13.8 Å². The molecule has 0 unspecified atom stereocenters. The first kappa shape index (κ1) is 11.6. The van der Waals surface area contributed by atoms with Crippen LogP contribution in [0.4, 0.5) is 5.69 Å². The molecular formula is C12H12N2O2S. The van der Waals surface area contributed by atoms with Gasteiger partial charge in [0.2, 0.25) is 0 Å². The molecule has 0 aliphatic carbocycles. The summed E-state index contributed by atoms with van der Waals surface area (Å²) in [5, 5.41) is 4.26. The maximum atomic E-state index is 11.8. The highest BCUT2D eigenvalue weighted by Crippen LogP contribution is 2.14. The molecule has 4 nitrogen and oxygen atoms in total. The van der Waals surface area contributed by atoms with Crippen molar-refractivity contribution in [1.82, 2.24) is 4.98 Å². The van der Waals surface area contributed by atoms with E-state index in [1.165, 1.54) is 5.38 Å². The molecule has 0 bridgehead atoms. The van der Waals surface area contributed by atoms with Crippen LogP contribution in [0, 0.1) is 13.8 Å². The third kappa shape index (κ3) is 2.82. The Bertz CT molecular complexity index is 593. The number of aromatic nitrogens is 1. The molecule has 0 saturated carbocycles. The van der Waals surface area contributed by atoms with Gasteiger partial charge in [0, 0.05) is 11.1 Å². The fourth-order valence-corrected chi connectivity index (χ4v) is 2.20. The van der Waals surface area contributed by atoms with E-state index in [9.17, 15) is 9.59 Å². The molecule has 1 heterocycles. The van der Waals surface area contributed by atoms with Crippen LogP contribution in [0.15, 0.2) is 28.4 Å². The van der Waals surface area contributed by atoms with Gasteiger partial charge in [-0.15, -0.1) is 0 Å². The third-order valence-corrected chi connectivity index (χ3v) is 2.91. The molecule has 0 aliphatic heterocycles. The van der Waals surface area contributed by atoms with E-state index in [0.717, 1.165) is 28.2 Å². The van der Waals surface area contributed by atoms with Crippen molar-refractivity contribution in [1.29, 1.82) is 0 Å². The zero-order chi connectivity index (χ0) is 12.4. The number of benzene rings is 1. The second-order valence-electron chi connectivity index (χ2n) is 3.89. The number of amides is 1. The van der Waals surface area contributed by atoms with E-state index in [2.05, 4.69) is 10.3 Å². The largest absolute Gasteiger partial charge is 0.321 e. The Morgan fingerprint density at radius 2 is 1.88 bits per heavy atom. The monoisotopic (exact) mass is 248 g/mol. The van der Waals surface area contributed by atoms with Crippen molar-refractivity contribution >= 4 is 22.9 Å². The smallest absolute Gasteiger partial charge is 0.305 e. The lowest BCUT2D eigenvalue weighted by atomic mass is 10.1. The van der Waals surface area contributed by atoms with Gasteiger partial charge < -0.3 is 10.3 Å². The summed E-state index contributed by atoms with van der Waals surface area (Å²) in [6.07, 6.45) is 0. The summed E-state index contributed by atoms with van der Waals surface area (Å²) in [5.74, 6) is -0.298. The van der Waals surface area contributed by atoms with Gasteiger partial charge >= 0.3 is 4.87 Å². The van der Waals surface area contributed by atoms with Gasteiger partial charge in [-0.05, 0) is 37.1 Å². The zero-order valence-electron chi connectivity index (χ0n) is 9.53. The number of aromatic amines is 1. The summed E-state index contributed by atoms with van der Waals surface area (Å²) in [5.41, 5.74) is 3.19. The van der Waals surface area contributed by atoms with Crippen LogP contribution >= 0.6 is 11.3 Å². The summed E-state index contributed by atoms with van der Waals surface area (Å²) >= 11 is 0.978. The first-order valence-corrected chi connectivity index (χ1v) is 6.00. The highest BCUT2D eigenvalue weighted by atomic mass is 32.1. The fourth-order valence-electron chi connectivity index (χ4n) is 1.64. The molecule has 88 valence electrons. The summed E-state index contributed by atoms with van der Waals surface area (Å²) < 4.78 is 0. The Morgan fingerprint density at radius 3 is 2.41 bits per heavy atom. The number of hydrogen-bond acceptors (Lipinski definition) is 3. The molecule has 1 aromatic heterocycles. The minimum absolute atomic E-state index is 0.226. The van der Waals surface area contributed by atoms with Crippen molar-refractivity contribution < 1.29 is 4.79 Å². The van der Waals surface area contributed by atoms with Gasteiger partial charge in [-0.25, -0.2) is 0 Å². The van der Waals surface area contributed by atoms with Crippen molar-refractivity contribution in [3.63, 3.8) is 0 Å². The molecule has 5 heteroatoms. The van der Waals surface area contributed by atoms with Crippen molar-refractivity contribution in [2.24, 2.45) is 0 Å². The van der Waals surface area contributed by atoms with Crippen LogP contribution in [0.1, 0.15) is 21.6 Å². The van der Waals surface area contributed by atoms with E-state index in [1.54, 1.807) is 0 Å². The van der Waals surface area contributed by atoms with Gasteiger partial charge in [0.15, 0.2) is 0 Å². The van der Waals surface area contributed by atoms with Crippen LogP contribution in [0.2, 0.25) is 0 Å². The lowest BCUT2D eigenvalue weighted by molar-refractivity contribution is 0.102. The van der Waals surface area contributed by atoms with Gasteiger partial charge in [-0.1, -0.05) is 17.4 Å². The van der Waals surface area contributed by atoms with Crippen LogP contribution < -0.4 is 10.2 Å². The van der Waals surface area contributed by atoms with Crippen LogP contribution in [0.3, 0.4) is 0 Å². The Hall–Kier alpha value is -1.88. The zero-order valence-corrected chi connectivity index (χ0v) is 10.4. The maximum absolute atomic E-state index is 11.8. The Labute approximate surface area is 102 Å². The normalized spacial score (nSPS) is 10.2. The molecular weight excluding hydrogens is 236 g/mol. The highest BCUT2D eigenvalue weighted by molar-refractivity contribution is 7.07. The molecule has 1 amide bonds. The molecule has 0 radical (unpaired) electrons. The second-order valence-corrected chi connectivity index (χ2v) is 4.73. The maximum Gasteiger partial charge on any atom is 0.305 e. The fraction of sp³-hybridized carbons (Fsp3) is 0.167. The Balaban J connectivity index is 2.21. The average Bonchev–Trinajstić information content (AvgIpc) is 2.63. The number of thiazole rings is 1. The lowest BCUT2D eigenvalue weighted by Gasteiger charge is -2.06. The Morgan fingerprint density at radius 1 is 1.24 bits per heavy atom. The van der Waals surface area contributed by atoms with E-state index in [4.69, 9.17) is 0 Å². The first-order chi connectivity index (χ1) is 8.04. The van der Waals surface area contributed by atoms with Crippen LogP contribution in [-0.2, 0) is 0 Å². The van der Waals surface area contributed by atoms with Gasteiger partial charge in [-0.3, -0.25) is 9.59 Å². The van der Waals surface area contributed by atoms with Crippen LogP contribution in [0.25, 0.3) is 0 Å². The minimum atomic E-state index is -0.298. The number of anilines is 1. The molecule has 0 aliphatic rings. The number of hydrogen-bond donors (Lipinski definition) is 2. The second kappa shape index (κ2) is 4.55. The topological polar surface area (TPSA) is 62.0 Å². The average molecular weight is 248 g/mol. The molecule has 0 fully saturated rings. The summed E-state index contributed by atoms with van der Waals surface area (Å²) in [4.78, 5) is 25.0. The molecule has 2 N–H and O–H groups in total. The number of carbonyl (C=O) groups excluding carboxylic acids is 1. The van der Waals surface area contributed by atoms with Crippen molar-refractivity contribution in [3.05, 3.63) is 50.1 Å². The number of aryl methyl sites for hydroxylation is 2. The first-order valence-electron chi connectivity index (χ1n) is 5.12. The standard InChI is InChI=1S/C12H12N2O2S/c1-7-3-8(2)5-9(4-7)13-11(15)10-6-17-12(16)14-10/h3-6H,1-2H3,(H,13,15)(H,14,16). The van der Waals surface area contributed by atoms with Gasteiger partial charge in [-0.2, -0.15) is 0 Å². The minimum Gasteiger partial charge on any atom is -0.321 e. The van der Waals surface area contributed by atoms with E-state index in [1.807, 2.05) is 32.0 Å². The molecule has 2 aromatic rings. The van der Waals surface area contributed by atoms with Crippen LogP contribution in [-0.4, -0.2) is 10.9 Å². The van der Waals surface area contributed by atoms with Gasteiger partial charge in [0.05, 0.1) is 0 Å². The molecule has 0 saturated heterocycles. The van der Waals surface area contributed by atoms with E-state index in [-0.39, 0.29) is 10.8 Å². The van der Waals surface area contributed by atoms with Gasteiger partial charge in [0.25, 0.3) is 5.91 Å². The number of carbonyl (C=O) groups is 1. The van der Waals surface area contributed by atoms with Gasteiger partial charge in [0.1, 0.15) is 5.69 Å². The van der Waals surface area contributed by atoms with E-state index >= 15 is 0 Å². The summed E-state index contributed by atoms with van der Waals surface area (Å²) in [6, 6.07) is 5.80. The Kier molecular flexibility index (Phi) is 3.10. The number of rotatable bonds is 2. The predicted octanol–water partition coefficient (Wildman–Crippen LogP) is 2.31. The van der Waals surface area contributed by atoms with Crippen molar-refractivity contribution in [3.8, 4) is 0 Å². The quantitative estimate of drug-likeness (QED) is 0.856.